The van der Waals surface area contributed by atoms with Crippen LogP contribution in [0.2, 0.25) is 0 Å². The fraction of sp³-hybridized carbons (Fsp3) is 0.846. The Morgan fingerprint density at radius 2 is 1.38 bits per heavy atom. The third-order valence-electron chi connectivity index (χ3n) is 3.68. The van der Waals surface area contributed by atoms with Crippen LogP contribution >= 0.6 is 0 Å². The molecular weight excluding hydrogens is 199 g/mol. The second-order valence-electron chi connectivity index (χ2n) is 6.58. The van der Waals surface area contributed by atoms with Crippen LogP contribution in [0.25, 0.3) is 0 Å². The van der Waals surface area contributed by atoms with Gasteiger partial charge in [0, 0.05) is 0 Å². The average Bonchev–Trinajstić information content (AvgIpc) is 2.18. The molecule has 0 bridgehead atoms. The largest absolute Gasteiger partial charge is 0.490 e. The Hall–Kier alpha value is -0.275. The van der Waals surface area contributed by atoms with Crippen molar-refractivity contribution >= 4 is 7.12 Å². The molecule has 0 N–H and O–H groups in total. The summed E-state index contributed by atoms with van der Waals surface area (Å²) in [4.78, 5) is 0. The van der Waals surface area contributed by atoms with Crippen LogP contribution in [0.15, 0.2) is 11.5 Å². The molecular formula is C13H25BO2. The lowest BCUT2D eigenvalue weighted by Crippen LogP contribution is -2.41. The summed E-state index contributed by atoms with van der Waals surface area (Å²) in [7, 11) is -0.213. The summed E-state index contributed by atoms with van der Waals surface area (Å²) in [6.45, 7) is 17.0. The Kier molecular flexibility index (Phi) is 3.35. The normalized spacial score (nSPS) is 25.0. The Balaban J connectivity index is 2.96. The van der Waals surface area contributed by atoms with Crippen molar-refractivity contribution < 1.29 is 9.31 Å². The van der Waals surface area contributed by atoms with Crippen molar-refractivity contribution in [3.63, 3.8) is 0 Å². The van der Waals surface area contributed by atoms with Crippen LogP contribution in [-0.2, 0) is 9.31 Å². The Bertz CT molecular complexity index is 282. The van der Waals surface area contributed by atoms with Crippen LogP contribution in [0.3, 0.4) is 0 Å². The molecule has 1 aliphatic rings. The van der Waals surface area contributed by atoms with Gasteiger partial charge in [-0.2, -0.15) is 0 Å². The first-order valence-electron chi connectivity index (χ1n) is 6.03. The highest BCUT2D eigenvalue weighted by atomic mass is 16.7. The van der Waals surface area contributed by atoms with Crippen molar-refractivity contribution in [1.82, 2.24) is 0 Å². The smallest absolute Gasteiger partial charge is 0.400 e. The van der Waals surface area contributed by atoms with E-state index in [2.05, 4.69) is 54.5 Å². The summed E-state index contributed by atoms with van der Waals surface area (Å²) in [6, 6.07) is 0. The minimum atomic E-state index is -0.253. The molecule has 0 saturated carbocycles. The molecule has 0 aliphatic carbocycles. The van der Waals surface area contributed by atoms with Gasteiger partial charge in [0.15, 0.2) is 0 Å². The Morgan fingerprint density at radius 1 is 1.00 bits per heavy atom. The van der Waals surface area contributed by atoms with E-state index in [1.54, 1.807) is 0 Å². The van der Waals surface area contributed by atoms with Crippen molar-refractivity contribution in [1.29, 1.82) is 0 Å². The van der Waals surface area contributed by atoms with E-state index in [1.807, 2.05) is 6.92 Å². The molecule has 1 saturated heterocycles. The molecule has 2 nitrogen and oxygen atoms in total. The van der Waals surface area contributed by atoms with Crippen LogP contribution < -0.4 is 0 Å². The SMILES string of the molecule is CC=C(B1OC(C)(C)C(C)(C)O1)C(C)(C)C. The van der Waals surface area contributed by atoms with Crippen LogP contribution in [0.1, 0.15) is 55.4 Å². The highest BCUT2D eigenvalue weighted by Gasteiger charge is 2.53. The Morgan fingerprint density at radius 3 is 1.62 bits per heavy atom. The average molecular weight is 224 g/mol. The summed E-state index contributed by atoms with van der Waals surface area (Å²) in [6.07, 6.45) is 2.11. The second kappa shape index (κ2) is 3.88. The van der Waals surface area contributed by atoms with Gasteiger partial charge in [-0.1, -0.05) is 26.8 Å². The van der Waals surface area contributed by atoms with E-state index in [9.17, 15) is 0 Å². The molecule has 0 aromatic rings. The zero-order chi connectivity index (χ0) is 12.8. The van der Waals surface area contributed by atoms with Gasteiger partial charge in [-0.15, -0.1) is 0 Å². The molecule has 1 aliphatic heterocycles. The van der Waals surface area contributed by atoms with Gasteiger partial charge in [-0.05, 0) is 45.5 Å². The molecule has 0 unspecified atom stereocenters. The second-order valence-corrected chi connectivity index (χ2v) is 6.58. The van der Waals surface area contributed by atoms with Gasteiger partial charge in [0.25, 0.3) is 0 Å². The van der Waals surface area contributed by atoms with E-state index < -0.39 is 0 Å². The fourth-order valence-corrected chi connectivity index (χ4v) is 1.89. The zero-order valence-corrected chi connectivity index (χ0v) is 12.0. The maximum atomic E-state index is 6.05. The van der Waals surface area contributed by atoms with Crippen LogP contribution in [0.4, 0.5) is 0 Å². The highest BCUT2D eigenvalue weighted by molar-refractivity contribution is 6.55. The van der Waals surface area contributed by atoms with Crippen LogP contribution in [0, 0.1) is 5.41 Å². The fourth-order valence-electron chi connectivity index (χ4n) is 1.89. The van der Waals surface area contributed by atoms with Crippen molar-refractivity contribution in [3.05, 3.63) is 11.5 Å². The van der Waals surface area contributed by atoms with Gasteiger partial charge in [0.1, 0.15) is 0 Å². The highest BCUT2D eigenvalue weighted by Crippen LogP contribution is 2.41. The van der Waals surface area contributed by atoms with Crippen molar-refractivity contribution in [2.75, 3.05) is 0 Å². The molecule has 3 heteroatoms. The van der Waals surface area contributed by atoms with Crippen molar-refractivity contribution in [3.8, 4) is 0 Å². The van der Waals surface area contributed by atoms with Gasteiger partial charge in [0.05, 0.1) is 11.2 Å². The molecule has 1 fully saturated rings. The molecule has 0 aromatic heterocycles. The van der Waals surface area contributed by atoms with Crippen molar-refractivity contribution in [2.45, 2.75) is 66.6 Å². The minimum absolute atomic E-state index is 0.0793. The third kappa shape index (κ3) is 2.35. The topological polar surface area (TPSA) is 18.5 Å². The third-order valence-corrected chi connectivity index (χ3v) is 3.68. The number of hydrogen-bond acceptors (Lipinski definition) is 2. The van der Waals surface area contributed by atoms with E-state index in [4.69, 9.17) is 9.31 Å². The van der Waals surface area contributed by atoms with E-state index in [0.29, 0.717) is 0 Å². The molecule has 0 spiro atoms. The summed E-state index contributed by atoms with van der Waals surface area (Å²) in [5.41, 5.74) is 0.788. The van der Waals surface area contributed by atoms with E-state index >= 15 is 0 Å². The molecule has 0 aromatic carbocycles. The predicted octanol–water partition coefficient (Wildman–Crippen LogP) is 3.61. The van der Waals surface area contributed by atoms with E-state index in [1.165, 1.54) is 5.47 Å². The lowest BCUT2D eigenvalue weighted by Gasteiger charge is -2.32. The number of hydrogen-bond donors (Lipinski definition) is 0. The molecule has 92 valence electrons. The molecule has 16 heavy (non-hydrogen) atoms. The maximum absolute atomic E-state index is 6.05. The number of rotatable bonds is 1. The molecule has 0 atom stereocenters. The van der Waals surface area contributed by atoms with Crippen LogP contribution in [-0.4, -0.2) is 18.3 Å². The first-order chi connectivity index (χ1) is 7.01. The lowest BCUT2D eigenvalue weighted by molar-refractivity contribution is 0.00578. The summed E-state index contributed by atoms with van der Waals surface area (Å²) in [5, 5.41) is 0. The van der Waals surface area contributed by atoms with Gasteiger partial charge in [-0.3, -0.25) is 0 Å². The first-order valence-corrected chi connectivity index (χ1v) is 6.03. The van der Waals surface area contributed by atoms with Gasteiger partial charge in [-0.25, -0.2) is 0 Å². The maximum Gasteiger partial charge on any atom is 0.490 e. The quantitative estimate of drug-likeness (QED) is 0.633. The zero-order valence-electron chi connectivity index (χ0n) is 12.0. The molecule has 0 radical (unpaired) electrons. The van der Waals surface area contributed by atoms with Crippen LogP contribution in [0.5, 0.6) is 0 Å². The molecule has 0 amide bonds. The number of allylic oxidation sites excluding steroid dienone is 2. The van der Waals surface area contributed by atoms with Gasteiger partial charge >= 0.3 is 7.12 Å². The van der Waals surface area contributed by atoms with Crippen molar-refractivity contribution in [2.24, 2.45) is 5.41 Å². The molecule has 1 rings (SSSR count). The standard InChI is InChI=1S/C13H25BO2/c1-9-10(11(2,3)4)14-15-12(5,6)13(7,8)16-14/h9H,1-8H3. The lowest BCUT2D eigenvalue weighted by atomic mass is 9.64. The molecule has 1 heterocycles. The summed E-state index contributed by atoms with van der Waals surface area (Å²) < 4.78 is 12.1. The Labute approximate surface area is 101 Å². The van der Waals surface area contributed by atoms with Gasteiger partial charge in [0.2, 0.25) is 0 Å². The van der Waals surface area contributed by atoms with E-state index in [-0.39, 0.29) is 23.7 Å². The minimum Gasteiger partial charge on any atom is -0.400 e. The first kappa shape index (κ1) is 13.8. The predicted molar refractivity (Wildman–Crippen MR) is 69.3 cm³/mol. The summed E-state index contributed by atoms with van der Waals surface area (Å²) >= 11 is 0. The van der Waals surface area contributed by atoms with Gasteiger partial charge < -0.3 is 9.31 Å². The summed E-state index contributed by atoms with van der Waals surface area (Å²) in [5.74, 6) is 0. The van der Waals surface area contributed by atoms with E-state index in [0.717, 1.165) is 0 Å². The monoisotopic (exact) mass is 224 g/mol.